The van der Waals surface area contributed by atoms with Gasteiger partial charge in [-0.15, -0.1) is 0 Å². The van der Waals surface area contributed by atoms with Gasteiger partial charge in [-0.25, -0.2) is 4.79 Å². The molecule has 0 aromatic heterocycles. The van der Waals surface area contributed by atoms with E-state index >= 15 is 0 Å². The lowest BCUT2D eigenvalue weighted by Crippen LogP contribution is -2.44. The third kappa shape index (κ3) is 7.11. The molecule has 0 saturated carbocycles. The van der Waals surface area contributed by atoms with Gasteiger partial charge in [-0.1, -0.05) is 37.1 Å². The Bertz CT molecular complexity index is 462. The van der Waals surface area contributed by atoms with Gasteiger partial charge in [0.25, 0.3) is 0 Å². The molecule has 1 rings (SSSR count). The predicted molar refractivity (Wildman–Crippen MR) is 84.3 cm³/mol. The second kappa shape index (κ2) is 9.37. The van der Waals surface area contributed by atoms with Gasteiger partial charge in [0.05, 0.1) is 6.54 Å². The molecule has 1 aromatic rings. The van der Waals surface area contributed by atoms with Crippen LogP contribution in [0.1, 0.15) is 38.3 Å². The molecule has 1 atom stereocenters. The Balaban J connectivity index is 2.29. The first-order valence-corrected chi connectivity index (χ1v) is 7.47. The zero-order chi connectivity index (χ0) is 15.7. The molecule has 0 spiro atoms. The molecule has 0 bridgehead atoms. The van der Waals surface area contributed by atoms with Crippen molar-refractivity contribution < 1.29 is 9.59 Å². The van der Waals surface area contributed by atoms with Crippen molar-refractivity contribution in [3.63, 3.8) is 0 Å². The molecule has 3 amide bonds. The maximum Gasteiger partial charge on any atom is 0.321 e. The first-order chi connectivity index (χ1) is 10.0. The van der Waals surface area contributed by atoms with Crippen molar-refractivity contribution in [3.8, 4) is 0 Å². The Hall–Kier alpha value is -1.59. The largest absolute Gasteiger partial charge is 0.338 e. The first kappa shape index (κ1) is 17.5. The third-order valence-corrected chi connectivity index (χ3v) is 3.26. The average Bonchev–Trinajstić information content (AvgIpc) is 2.46. The Kier molecular flexibility index (Phi) is 7.79. The minimum atomic E-state index is -0.450. The Labute approximate surface area is 130 Å². The number of hydrogen-bond donors (Lipinski definition) is 3. The minimum Gasteiger partial charge on any atom is -0.338 e. The molecule has 0 aliphatic heterocycles. The number of imide groups is 1. The van der Waals surface area contributed by atoms with Gasteiger partial charge in [0, 0.05) is 17.6 Å². The highest BCUT2D eigenvalue weighted by Crippen LogP contribution is 2.15. The molecule has 0 unspecified atom stereocenters. The van der Waals surface area contributed by atoms with Gasteiger partial charge >= 0.3 is 6.03 Å². The van der Waals surface area contributed by atoms with Crippen LogP contribution in [0.2, 0.25) is 5.02 Å². The van der Waals surface area contributed by atoms with Crippen molar-refractivity contribution in [1.82, 2.24) is 16.0 Å². The summed E-state index contributed by atoms with van der Waals surface area (Å²) in [5.41, 5.74) is 1.03. The van der Waals surface area contributed by atoms with E-state index in [1.54, 1.807) is 12.1 Å². The standard InChI is InChI=1S/C15H22ClN3O2/c1-3-4-9-17-15(21)19-14(20)10-18-11(2)12-5-7-13(16)8-6-12/h5-8,11,18H,3-4,9-10H2,1-2H3,(H2,17,19,20,21)/t11-/m0/s1. The average molecular weight is 312 g/mol. The summed E-state index contributed by atoms with van der Waals surface area (Å²) >= 11 is 5.82. The fraction of sp³-hybridized carbons (Fsp3) is 0.467. The molecule has 3 N–H and O–H groups in total. The lowest BCUT2D eigenvalue weighted by molar-refractivity contribution is -0.119. The predicted octanol–water partition coefficient (Wildman–Crippen LogP) is 2.62. The van der Waals surface area contributed by atoms with Crippen molar-refractivity contribution in [2.75, 3.05) is 13.1 Å². The van der Waals surface area contributed by atoms with Crippen LogP contribution in [0.25, 0.3) is 0 Å². The summed E-state index contributed by atoms with van der Waals surface area (Å²) in [6, 6.07) is 6.95. The second-order valence-corrected chi connectivity index (χ2v) is 5.25. The Morgan fingerprint density at radius 1 is 1.24 bits per heavy atom. The van der Waals surface area contributed by atoms with E-state index < -0.39 is 6.03 Å². The number of hydrogen-bond acceptors (Lipinski definition) is 3. The summed E-state index contributed by atoms with van der Waals surface area (Å²) in [7, 11) is 0. The van der Waals surface area contributed by atoms with E-state index in [9.17, 15) is 9.59 Å². The molecule has 0 aliphatic rings. The number of nitrogens with one attached hydrogen (secondary N) is 3. The maximum atomic E-state index is 11.6. The van der Waals surface area contributed by atoms with Gasteiger partial charge < -0.3 is 10.6 Å². The van der Waals surface area contributed by atoms with Crippen molar-refractivity contribution in [2.45, 2.75) is 32.7 Å². The molecule has 21 heavy (non-hydrogen) atoms. The van der Waals surface area contributed by atoms with Crippen molar-refractivity contribution in [3.05, 3.63) is 34.9 Å². The Morgan fingerprint density at radius 3 is 2.52 bits per heavy atom. The van der Waals surface area contributed by atoms with Gasteiger partial charge in [0.15, 0.2) is 0 Å². The van der Waals surface area contributed by atoms with E-state index in [-0.39, 0.29) is 18.5 Å². The van der Waals surface area contributed by atoms with E-state index in [1.807, 2.05) is 26.0 Å². The van der Waals surface area contributed by atoms with Gasteiger partial charge in [-0.05, 0) is 31.0 Å². The normalized spacial score (nSPS) is 11.8. The molecule has 0 heterocycles. The van der Waals surface area contributed by atoms with Gasteiger partial charge in [0.1, 0.15) is 0 Å². The number of amides is 3. The van der Waals surface area contributed by atoms with Crippen LogP contribution >= 0.6 is 11.6 Å². The molecule has 0 fully saturated rings. The highest BCUT2D eigenvalue weighted by molar-refractivity contribution is 6.30. The number of benzene rings is 1. The second-order valence-electron chi connectivity index (χ2n) is 4.81. The van der Waals surface area contributed by atoms with Crippen LogP contribution in [0.15, 0.2) is 24.3 Å². The fourth-order valence-corrected chi connectivity index (χ4v) is 1.83. The fourth-order valence-electron chi connectivity index (χ4n) is 1.71. The number of carbonyl (C=O) groups is 2. The Morgan fingerprint density at radius 2 is 1.90 bits per heavy atom. The van der Waals surface area contributed by atoms with Crippen molar-refractivity contribution in [2.24, 2.45) is 0 Å². The van der Waals surface area contributed by atoms with Crippen molar-refractivity contribution in [1.29, 1.82) is 0 Å². The molecular weight excluding hydrogens is 290 g/mol. The van der Waals surface area contributed by atoms with Crippen LogP contribution in [-0.4, -0.2) is 25.0 Å². The molecular formula is C15H22ClN3O2. The molecule has 0 saturated heterocycles. The number of urea groups is 1. The summed E-state index contributed by atoms with van der Waals surface area (Å²) < 4.78 is 0. The minimum absolute atomic E-state index is 0.00355. The topological polar surface area (TPSA) is 70.2 Å². The maximum absolute atomic E-state index is 11.6. The van der Waals surface area contributed by atoms with Crippen LogP contribution in [0, 0.1) is 0 Å². The number of carbonyl (C=O) groups excluding carboxylic acids is 2. The monoisotopic (exact) mass is 311 g/mol. The van der Waals surface area contributed by atoms with Crippen LogP contribution in [0.3, 0.4) is 0 Å². The lowest BCUT2D eigenvalue weighted by atomic mass is 10.1. The summed E-state index contributed by atoms with van der Waals surface area (Å²) in [5.74, 6) is -0.357. The highest BCUT2D eigenvalue weighted by Gasteiger charge is 2.10. The lowest BCUT2D eigenvalue weighted by Gasteiger charge is -2.14. The molecule has 5 nitrogen and oxygen atoms in total. The molecule has 1 aromatic carbocycles. The highest BCUT2D eigenvalue weighted by atomic mass is 35.5. The van der Waals surface area contributed by atoms with E-state index in [0.717, 1.165) is 18.4 Å². The van der Waals surface area contributed by atoms with E-state index in [0.29, 0.717) is 11.6 Å². The summed E-state index contributed by atoms with van der Waals surface area (Å²) in [6.07, 6.45) is 1.89. The van der Waals surface area contributed by atoms with Crippen LogP contribution in [0.5, 0.6) is 0 Å². The van der Waals surface area contributed by atoms with Crippen molar-refractivity contribution >= 4 is 23.5 Å². The first-order valence-electron chi connectivity index (χ1n) is 7.09. The molecule has 116 valence electrons. The van der Waals surface area contributed by atoms with E-state index in [2.05, 4.69) is 16.0 Å². The summed E-state index contributed by atoms with van der Waals surface area (Å²) in [6.45, 7) is 4.62. The number of rotatable bonds is 7. The number of unbranched alkanes of at least 4 members (excludes halogenated alkanes) is 1. The van der Waals surface area contributed by atoms with Crippen LogP contribution in [-0.2, 0) is 4.79 Å². The van der Waals surface area contributed by atoms with Crippen LogP contribution < -0.4 is 16.0 Å². The summed E-state index contributed by atoms with van der Waals surface area (Å²) in [5, 5.41) is 8.64. The molecule has 0 radical (unpaired) electrons. The van der Waals surface area contributed by atoms with Gasteiger partial charge in [0.2, 0.25) is 5.91 Å². The van der Waals surface area contributed by atoms with Crippen LogP contribution in [0.4, 0.5) is 4.79 Å². The molecule has 0 aliphatic carbocycles. The van der Waals surface area contributed by atoms with E-state index in [1.165, 1.54) is 0 Å². The zero-order valence-electron chi connectivity index (χ0n) is 12.4. The summed E-state index contributed by atoms with van der Waals surface area (Å²) in [4.78, 5) is 23.0. The van der Waals surface area contributed by atoms with Gasteiger partial charge in [-0.2, -0.15) is 0 Å². The third-order valence-electron chi connectivity index (χ3n) is 3.01. The van der Waals surface area contributed by atoms with Gasteiger partial charge in [-0.3, -0.25) is 10.1 Å². The zero-order valence-corrected chi connectivity index (χ0v) is 13.2. The quantitative estimate of drug-likeness (QED) is 0.678. The SMILES string of the molecule is CCCCNC(=O)NC(=O)CN[C@@H](C)c1ccc(Cl)cc1. The smallest absolute Gasteiger partial charge is 0.321 e. The number of halogens is 1. The van der Waals surface area contributed by atoms with E-state index in [4.69, 9.17) is 11.6 Å². The molecule has 6 heteroatoms.